The number of piperidine rings is 1. The van der Waals surface area contributed by atoms with Crippen LogP contribution in [0.3, 0.4) is 0 Å². The highest BCUT2D eigenvalue weighted by Crippen LogP contribution is 2.26. The number of aryl methyl sites for hydroxylation is 1. The molecule has 2 nitrogen and oxygen atoms in total. The maximum absolute atomic E-state index is 5.83. The van der Waals surface area contributed by atoms with Crippen LogP contribution in [-0.2, 0) is 6.42 Å². The van der Waals surface area contributed by atoms with Crippen LogP contribution in [0.5, 0.6) is 0 Å². The summed E-state index contributed by atoms with van der Waals surface area (Å²) in [4.78, 5) is 2.45. The minimum atomic E-state index is 0.300. The summed E-state index contributed by atoms with van der Waals surface area (Å²) in [5, 5.41) is 0. The molecular weight excluding hydrogens is 220 g/mol. The summed E-state index contributed by atoms with van der Waals surface area (Å²) in [5.74, 6) is 0.721. The molecule has 2 heteroatoms. The molecule has 1 aromatic carbocycles. The number of hydrogen-bond acceptors (Lipinski definition) is 2. The van der Waals surface area contributed by atoms with E-state index in [0.717, 1.165) is 18.8 Å². The molecule has 0 aromatic heterocycles. The van der Waals surface area contributed by atoms with Gasteiger partial charge in [0.2, 0.25) is 0 Å². The van der Waals surface area contributed by atoms with Gasteiger partial charge in [-0.25, -0.2) is 0 Å². The summed E-state index contributed by atoms with van der Waals surface area (Å²) in [6.07, 6.45) is 4.84. The Morgan fingerprint density at radius 1 is 1.44 bits per heavy atom. The number of benzene rings is 1. The number of nitrogens with two attached hydrogens (primary N) is 1. The fourth-order valence-electron chi connectivity index (χ4n) is 2.84. The average Bonchev–Trinajstić information content (AvgIpc) is 2.37. The van der Waals surface area contributed by atoms with Gasteiger partial charge in [0, 0.05) is 12.6 Å². The lowest BCUT2D eigenvalue weighted by atomic mass is 9.89. The van der Waals surface area contributed by atoms with Crippen LogP contribution in [0, 0.1) is 0 Å². The van der Waals surface area contributed by atoms with E-state index < -0.39 is 0 Å². The highest BCUT2D eigenvalue weighted by Gasteiger charge is 2.18. The molecule has 0 spiro atoms. The van der Waals surface area contributed by atoms with Crippen molar-refractivity contribution in [3.63, 3.8) is 0 Å². The zero-order valence-electron chi connectivity index (χ0n) is 11.7. The Balaban J connectivity index is 2.02. The molecular formula is C16H26N2. The van der Waals surface area contributed by atoms with Gasteiger partial charge < -0.3 is 10.6 Å². The van der Waals surface area contributed by atoms with Crippen LogP contribution in [0.4, 0.5) is 0 Å². The third kappa shape index (κ3) is 3.82. The second-order valence-electron chi connectivity index (χ2n) is 5.86. The first-order valence-electron chi connectivity index (χ1n) is 7.18. The Hall–Kier alpha value is -0.860. The molecule has 0 saturated carbocycles. The predicted molar refractivity (Wildman–Crippen MR) is 77.9 cm³/mol. The van der Waals surface area contributed by atoms with Crippen molar-refractivity contribution in [3.8, 4) is 0 Å². The van der Waals surface area contributed by atoms with Crippen molar-refractivity contribution < 1.29 is 0 Å². The molecule has 1 fully saturated rings. The second kappa shape index (κ2) is 6.35. The minimum Gasteiger partial charge on any atom is -0.328 e. The number of rotatable bonds is 4. The molecule has 2 N–H and O–H groups in total. The molecule has 2 rings (SSSR count). The van der Waals surface area contributed by atoms with Crippen molar-refractivity contribution in [1.82, 2.24) is 4.90 Å². The fraction of sp³-hybridized carbons (Fsp3) is 0.625. The van der Waals surface area contributed by atoms with E-state index in [2.05, 4.69) is 43.1 Å². The lowest BCUT2D eigenvalue weighted by Crippen LogP contribution is -2.30. The predicted octanol–water partition coefficient (Wildman–Crippen LogP) is 2.78. The van der Waals surface area contributed by atoms with Crippen LogP contribution in [0.1, 0.15) is 43.2 Å². The summed E-state index contributed by atoms with van der Waals surface area (Å²) in [6.45, 7) is 4.54. The first kappa shape index (κ1) is 13.6. The van der Waals surface area contributed by atoms with Gasteiger partial charge in [0.25, 0.3) is 0 Å². The zero-order chi connectivity index (χ0) is 13.0. The van der Waals surface area contributed by atoms with Crippen LogP contribution in [0.25, 0.3) is 0 Å². The first-order valence-corrected chi connectivity index (χ1v) is 7.18. The Morgan fingerprint density at radius 2 is 2.28 bits per heavy atom. The smallest absolute Gasteiger partial charge is 0.00472 e. The molecule has 2 unspecified atom stereocenters. The van der Waals surface area contributed by atoms with Crippen LogP contribution in [0.15, 0.2) is 24.3 Å². The largest absolute Gasteiger partial charge is 0.328 e. The van der Waals surface area contributed by atoms with Crippen molar-refractivity contribution in [2.75, 3.05) is 20.1 Å². The maximum Gasteiger partial charge on any atom is 0.00472 e. The number of nitrogens with zero attached hydrogens (tertiary/aromatic N) is 1. The zero-order valence-corrected chi connectivity index (χ0v) is 11.7. The van der Waals surface area contributed by atoms with E-state index in [0.29, 0.717) is 6.04 Å². The topological polar surface area (TPSA) is 29.3 Å². The monoisotopic (exact) mass is 246 g/mol. The SMILES string of the molecule is CC(N)CCc1cccc(C2CCCN(C)C2)c1. The van der Waals surface area contributed by atoms with Gasteiger partial charge in [-0.2, -0.15) is 0 Å². The van der Waals surface area contributed by atoms with Crippen molar-refractivity contribution in [2.45, 2.75) is 44.6 Å². The van der Waals surface area contributed by atoms with E-state index in [1.54, 1.807) is 0 Å². The summed E-state index contributed by atoms with van der Waals surface area (Å²) in [7, 11) is 2.23. The molecule has 1 heterocycles. The van der Waals surface area contributed by atoms with Crippen LogP contribution < -0.4 is 5.73 Å². The van der Waals surface area contributed by atoms with Crippen molar-refractivity contribution >= 4 is 0 Å². The van der Waals surface area contributed by atoms with Crippen LogP contribution in [-0.4, -0.2) is 31.1 Å². The summed E-state index contributed by atoms with van der Waals surface area (Å²) >= 11 is 0. The third-order valence-corrected chi connectivity index (χ3v) is 3.94. The van der Waals surface area contributed by atoms with E-state index >= 15 is 0 Å². The number of likely N-dealkylation sites (tertiary alicyclic amines) is 1. The molecule has 18 heavy (non-hydrogen) atoms. The van der Waals surface area contributed by atoms with Gasteiger partial charge in [-0.1, -0.05) is 24.3 Å². The Labute approximate surface area is 111 Å². The van der Waals surface area contributed by atoms with E-state index in [9.17, 15) is 0 Å². The Kier molecular flexibility index (Phi) is 4.79. The lowest BCUT2D eigenvalue weighted by Gasteiger charge is -2.30. The minimum absolute atomic E-state index is 0.300. The van der Waals surface area contributed by atoms with Crippen molar-refractivity contribution in [1.29, 1.82) is 0 Å². The Morgan fingerprint density at radius 3 is 3.00 bits per heavy atom. The van der Waals surface area contributed by atoms with Gasteiger partial charge in [0.05, 0.1) is 0 Å². The van der Waals surface area contributed by atoms with E-state index in [1.165, 1.54) is 37.1 Å². The molecule has 1 aliphatic heterocycles. The van der Waals surface area contributed by atoms with Crippen LogP contribution >= 0.6 is 0 Å². The molecule has 0 bridgehead atoms. The van der Waals surface area contributed by atoms with E-state index in [1.807, 2.05) is 0 Å². The molecule has 2 atom stereocenters. The van der Waals surface area contributed by atoms with Gasteiger partial charge in [-0.05, 0) is 63.2 Å². The normalized spacial score (nSPS) is 22.9. The average molecular weight is 246 g/mol. The quantitative estimate of drug-likeness (QED) is 0.885. The first-order chi connectivity index (χ1) is 8.65. The highest BCUT2D eigenvalue weighted by atomic mass is 15.1. The standard InChI is InChI=1S/C16H26N2/c1-13(17)8-9-14-5-3-6-15(11-14)16-7-4-10-18(2)12-16/h3,5-6,11,13,16H,4,7-10,12,17H2,1-2H3. The molecule has 1 aromatic rings. The molecule has 0 radical (unpaired) electrons. The third-order valence-electron chi connectivity index (χ3n) is 3.94. The van der Waals surface area contributed by atoms with E-state index in [4.69, 9.17) is 5.73 Å². The lowest BCUT2D eigenvalue weighted by molar-refractivity contribution is 0.251. The van der Waals surface area contributed by atoms with Gasteiger partial charge in [-0.15, -0.1) is 0 Å². The van der Waals surface area contributed by atoms with Gasteiger partial charge in [-0.3, -0.25) is 0 Å². The van der Waals surface area contributed by atoms with Crippen molar-refractivity contribution in [2.24, 2.45) is 5.73 Å². The number of likely N-dealkylation sites (N-methyl/N-ethyl adjacent to an activating group) is 1. The highest BCUT2D eigenvalue weighted by molar-refractivity contribution is 5.27. The molecule has 0 aliphatic carbocycles. The summed E-state index contributed by atoms with van der Waals surface area (Å²) < 4.78 is 0. The molecule has 1 saturated heterocycles. The van der Waals surface area contributed by atoms with Gasteiger partial charge in [0.1, 0.15) is 0 Å². The molecule has 100 valence electrons. The van der Waals surface area contributed by atoms with E-state index in [-0.39, 0.29) is 0 Å². The summed E-state index contributed by atoms with van der Waals surface area (Å²) in [5.41, 5.74) is 8.79. The Bertz CT molecular complexity index is 373. The molecule has 0 amide bonds. The molecule has 1 aliphatic rings. The maximum atomic E-state index is 5.83. The fourth-order valence-corrected chi connectivity index (χ4v) is 2.84. The summed E-state index contributed by atoms with van der Waals surface area (Å²) in [6, 6.07) is 9.43. The van der Waals surface area contributed by atoms with Crippen molar-refractivity contribution in [3.05, 3.63) is 35.4 Å². The number of hydrogen-bond donors (Lipinski definition) is 1. The van der Waals surface area contributed by atoms with Crippen LogP contribution in [0.2, 0.25) is 0 Å². The van der Waals surface area contributed by atoms with Gasteiger partial charge in [0.15, 0.2) is 0 Å². The van der Waals surface area contributed by atoms with Gasteiger partial charge >= 0.3 is 0 Å². The second-order valence-corrected chi connectivity index (χ2v) is 5.86.